The fraction of sp³-hybridized carbons (Fsp3) is 0.462. The number of aliphatic carboxylic acids is 1. The lowest BCUT2D eigenvalue weighted by Gasteiger charge is -2.35. The average molecular weight is 286 g/mol. The van der Waals surface area contributed by atoms with Gasteiger partial charge in [-0.1, -0.05) is 11.6 Å². The van der Waals surface area contributed by atoms with Gasteiger partial charge in [-0.05, 0) is 18.9 Å². The molecule has 2 rings (SSSR count). The van der Waals surface area contributed by atoms with Gasteiger partial charge in [0.05, 0.1) is 30.8 Å². The van der Waals surface area contributed by atoms with Crippen molar-refractivity contribution >= 4 is 23.3 Å². The summed E-state index contributed by atoms with van der Waals surface area (Å²) in [7, 11) is 3.07. The minimum atomic E-state index is -0.776. The summed E-state index contributed by atoms with van der Waals surface area (Å²) in [4.78, 5) is 11.0. The molecule has 0 radical (unpaired) electrons. The summed E-state index contributed by atoms with van der Waals surface area (Å²) in [6, 6.07) is 3.28. The Morgan fingerprint density at radius 2 is 2.00 bits per heavy atom. The Labute approximate surface area is 116 Å². The van der Waals surface area contributed by atoms with Crippen molar-refractivity contribution in [2.75, 3.05) is 19.5 Å². The van der Waals surface area contributed by atoms with E-state index in [0.29, 0.717) is 28.6 Å². The molecule has 1 fully saturated rings. The van der Waals surface area contributed by atoms with Gasteiger partial charge in [0.15, 0.2) is 0 Å². The van der Waals surface area contributed by atoms with Crippen molar-refractivity contribution in [1.82, 2.24) is 0 Å². The zero-order chi connectivity index (χ0) is 14.0. The number of halogens is 1. The van der Waals surface area contributed by atoms with Gasteiger partial charge >= 0.3 is 5.97 Å². The molecule has 6 heteroatoms. The third-order valence-electron chi connectivity index (χ3n) is 3.41. The van der Waals surface area contributed by atoms with Gasteiger partial charge < -0.3 is 19.9 Å². The molecule has 0 heterocycles. The quantitative estimate of drug-likeness (QED) is 0.870. The summed E-state index contributed by atoms with van der Waals surface area (Å²) in [5, 5.41) is 12.7. The third-order valence-corrected chi connectivity index (χ3v) is 3.70. The Kier molecular flexibility index (Phi) is 4.04. The van der Waals surface area contributed by atoms with Crippen LogP contribution in [0.5, 0.6) is 11.5 Å². The highest BCUT2D eigenvalue weighted by atomic mass is 35.5. The molecule has 0 spiro atoms. The summed E-state index contributed by atoms with van der Waals surface area (Å²) < 4.78 is 10.4. The molecule has 2 unspecified atom stereocenters. The fourth-order valence-electron chi connectivity index (χ4n) is 2.14. The van der Waals surface area contributed by atoms with Gasteiger partial charge in [-0.15, -0.1) is 0 Å². The number of methoxy groups -OCH3 is 2. The third kappa shape index (κ3) is 2.71. The zero-order valence-corrected chi connectivity index (χ0v) is 11.5. The second kappa shape index (κ2) is 5.57. The number of anilines is 1. The number of rotatable bonds is 5. The van der Waals surface area contributed by atoms with Gasteiger partial charge in [-0.2, -0.15) is 0 Å². The van der Waals surface area contributed by atoms with E-state index in [1.54, 1.807) is 19.2 Å². The highest BCUT2D eigenvalue weighted by Gasteiger charge is 2.37. The van der Waals surface area contributed by atoms with Crippen LogP contribution in [0.1, 0.15) is 12.8 Å². The van der Waals surface area contributed by atoms with Gasteiger partial charge in [0.2, 0.25) is 0 Å². The van der Waals surface area contributed by atoms with Crippen LogP contribution in [0.15, 0.2) is 12.1 Å². The molecule has 1 aliphatic carbocycles. The standard InChI is InChI=1S/C13H16ClNO4/c1-18-11-6-12(19-2)10(5-8(11)14)15-9-4-3-7(9)13(16)17/h5-7,9,15H,3-4H2,1-2H3,(H,16,17). The lowest BCUT2D eigenvalue weighted by Crippen LogP contribution is -2.43. The maximum Gasteiger partial charge on any atom is 0.308 e. The van der Waals surface area contributed by atoms with Crippen LogP contribution in [0.2, 0.25) is 5.02 Å². The lowest BCUT2D eigenvalue weighted by molar-refractivity contribution is -0.144. The monoisotopic (exact) mass is 285 g/mol. The molecule has 0 aliphatic heterocycles. The molecule has 1 aromatic rings. The molecule has 5 nitrogen and oxygen atoms in total. The molecule has 0 saturated heterocycles. The number of carbonyl (C=O) groups is 1. The van der Waals surface area contributed by atoms with Gasteiger partial charge in [0.1, 0.15) is 11.5 Å². The van der Waals surface area contributed by atoms with Crippen LogP contribution in [-0.2, 0) is 4.79 Å². The van der Waals surface area contributed by atoms with Crippen LogP contribution in [0, 0.1) is 5.92 Å². The lowest BCUT2D eigenvalue weighted by atomic mass is 9.79. The number of carboxylic acids is 1. The van der Waals surface area contributed by atoms with Crippen LogP contribution >= 0.6 is 11.6 Å². The number of carboxylic acid groups (broad SMARTS) is 1. The predicted octanol–water partition coefficient (Wildman–Crippen LogP) is 2.63. The molecular formula is C13H16ClNO4. The van der Waals surface area contributed by atoms with Crippen LogP contribution in [0.4, 0.5) is 5.69 Å². The minimum Gasteiger partial charge on any atom is -0.495 e. The topological polar surface area (TPSA) is 67.8 Å². The van der Waals surface area contributed by atoms with E-state index in [9.17, 15) is 4.79 Å². The van der Waals surface area contributed by atoms with Gasteiger partial charge in [-0.3, -0.25) is 4.79 Å². The predicted molar refractivity (Wildman–Crippen MR) is 72.3 cm³/mol. The highest BCUT2D eigenvalue weighted by Crippen LogP contribution is 2.39. The smallest absolute Gasteiger partial charge is 0.308 e. The first-order valence-electron chi connectivity index (χ1n) is 5.97. The fourth-order valence-corrected chi connectivity index (χ4v) is 2.38. The van der Waals surface area contributed by atoms with E-state index >= 15 is 0 Å². The maximum absolute atomic E-state index is 11.0. The molecule has 104 valence electrons. The first-order chi connectivity index (χ1) is 9.06. The van der Waals surface area contributed by atoms with Crippen molar-refractivity contribution in [2.45, 2.75) is 18.9 Å². The normalized spacial score (nSPS) is 21.4. The minimum absolute atomic E-state index is 0.0872. The summed E-state index contributed by atoms with van der Waals surface area (Å²) in [6.07, 6.45) is 1.52. The van der Waals surface area contributed by atoms with E-state index in [2.05, 4.69) is 5.32 Å². The molecule has 19 heavy (non-hydrogen) atoms. The summed E-state index contributed by atoms with van der Waals surface area (Å²) in [5.41, 5.74) is 0.684. The van der Waals surface area contributed by atoms with Crippen LogP contribution < -0.4 is 14.8 Å². The molecule has 2 atom stereocenters. The van der Waals surface area contributed by atoms with Crippen molar-refractivity contribution in [3.63, 3.8) is 0 Å². The van der Waals surface area contributed by atoms with Crippen molar-refractivity contribution < 1.29 is 19.4 Å². The Balaban J connectivity index is 2.20. The van der Waals surface area contributed by atoms with Crippen LogP contribution in [0.25, 0.3) is 0 Å². The highest BCUT2D eigenvalue weighted by molar-refractivity contribution is 6.32. The Morgan fingerprint density at radius 1 is 1.32 bits per heavy atom. The van der Waals surface area contributed by atoms with E-state index in [4.69, 9.17) is 26.2 Å². The molecular weight excluding hydrogens is 270 g/mol. The van der Waals surface area contributed by atoms with E-state index in [1.807, 2.05) is 0 Å². The van der Waals surface area contributed by atoms with Crippen molar-refractivity contribution in [3.05, 3.63) is 17.2 Å². The van der Waals surface area contributed by atoms with Crippen molar-refractivity contribution in [3.8, 4) is 11.5 Å². The van der Waals surface area contributed by atoms with E-state index in [0.717, 1.165) is 6.42 Å². The maximum atomic E-state index is 11.0. The molecule has 0 amide bonds. The van der Waals surface area contributed by atoms with Gasteiger partial charge in [0, 0.05) is 12.1 Å². The number of ether oxygens (including phenoxy) is 2. The second-order valence-electron chi connectivity index (χ2n) is 4.46. The Morgan fingerprint density at radius 3 is 2.47 bits per heavy atom. The van der Waals surface area contributed by atoms with E-state index in [1.165, 1.54) is 7.11 Å². The molecule has 2 N–H and O–H groups in total. The molecule has 1 aromatic carbocycles. The summed E-state index contributed by atoms with van der Waals surface area (Å²) in [6.45, 7) is 0. The van der Waals surface area contributed by atoms with Crippen molar-refractivity contribution in [2.24, 2.45) is 5.92 Å². The SMILES string of the molecule is COc1cc(OC)c(NC2CCC2C(=O)O)cc1Cl. The number of benzene rings is 1. The first-order valence-corrected chi connectivity index (χ1v) is 6.35. The number of hydrogen-bond donors (Lipinski definition) is 2. The van der Waals surface area contributed by atoms with E-state index < -0.39 is 5.97 Å². The van der Waals surface area contributed by atoms with Crippen molar-refractivity contribution in [1.29, 1.82) is 0 Å². The largest absolute Gasteiger partial charge is 0.495 e. The molecule has 0 bridgehead atoms. The van der Waals surface area contributed by atoms with Crippen LogP contribution in [0.3, 0.4) is 0 Å². The van der Waals surface area contributed by atoms with Gasteiger partial charge in [0.25, 0.3) is 0 Å². The first kappa shape index (κ1) is 13.8. The Hall–Kier alpha value is -1.62. The average Bonchev–Trinajstić information content (AvgIpc) is 2.34. The molecule has 0 aromatic heterocycles. The zero-order valence-electron chi connectivity index (χ0n) is 10.8. The van der Waals surface area contributed by atoms with Gasteiger partial charge in [-0.25, -0.2) is 0 Å². The second-order valence-corrected chi connectivity index (χ2v) is 4.87. The summed E-state index contributed by atoms with van der Waals surface area (Å²) in [5.74, 6) is -0.0299. The van der Waals surface area contributed by atoms with Crippen LogP contribution in [-0.4, -0.2) is 31.3 Å². The summed E-state index contributed by atoms with van der Waals surface area (Å²) >= 11 is 6.07. The molecule has 1 saturated carbocycles. The molecule has 1 aliphatic rings. The number of hydrogen-bond acceptors (Lipinski definition) is 4. The Bertz CT molecular complexity index is 492. The number of nitrogens with one attached hydrogen (secondary N) is 1. The van der Waals surface area contributed by atoms with E-state index in [-0.39, 0.29) is 12.0 Å².